The molecule has 2 saturated heterocycles. The number of ether oxygens (including phenoxy) is 1. The van der Waals surface area contributed by atoms with E-state index in [1.165, 1.54) is 31.5 Å². The Labute approximate surface area is 186 Å². The highest BCUT2D eigenvalue weighted by molar-refractivity contribution is 5.94. The summed E-state index contributed by atoms with van der Waals surface area (Å²) in [6, 6.07) is 18.5. The lowest BCUT2D eigenvalue weighted by Crippen LogP contribution is -2.42. The van der Waals surface area contributed by atoms with Crippen molar-refractivity contribution in [2.75, 3.05) is 32.8 Å². The summed E-state index contributed by atoms with van der Waals surface area (Å²) in [6.07, 6.45) is 6.85. The number of hydrogen-bond acceptors (Lipinski definition) is 3. The summed E-state index contributed by atoms with van der Waals surface area (Å²) in [5.41, 5.74) is 2.11. The van der Waals surface area contributed by atoms with Gasteiger partial charge in [0.15, 0.2) is 0 Å². The van der Waals surface area contributed by atoms with Crippen molar-refractivity contribution >= 4 is 18.3 Å². The van der Waals surface area contributed by atoms with E-state index in [1.54, 1.807) is 0 Å². The van der Waals surface area contributed by atoms with Gasteiger partial charge in [-0.2, -0.15) is 0 Å². The van der Waals surface area contributed by atoms with E-state index in [1.807, 2.05) is 30.3 Å². The zero-order chi connectivity index (χ0) is 19.9. The maximum Gasteiger partial charge on any atom is 0.254 e. The Morgan fingerprint density at radius 1 is 0.933 bits per heavy atom. The number of carbonyl (C=O) groups excluding carboxylic acids is 1. The van der Waals surface area contributed by atoms with Gasteiger partial charge in [-0.15, -0.1) is 12.4 Å². The van der Waals surface area contributed by atoms with Crippen LogP contribution in [0, 0.1) is 0 Å². The van der Waals surface area contributed by atoms with Gasteiger partial charge in [0.2, 0.25) is 0 Å². The quantitative estimate of drug-likeness (QED) is 0.565. The number of halogens is 1. The molecule has 2 aliphatic heterocycles. The van der Waals surface area contributed by atoms with Crippen LogP contribution in [0.2, 0.25) is 0 Å². The van der Waals surface area contributed by atoms with E-state index in [9.17, 15) is 4.79 Å². The van der Waals surface area contributed by atoms with Crippen molar-refractivity contribution in [2.24, 2.45) is 0 Å². The summed E-state index contributed by atoms with van der Waals surface area (Å²) in [5, 5.41) is 0. The lowest BCUT2D eigenvalue weighted by molar-refractivity contribution is 0.0708. The first-order valence-electron chi connectivity index (χ1n) is 11.1. The summed E-state index contributed by atoms with van der Waals surface area (Å²) in [4.78, 5) is 17.6. The molecule has 2 heterocycles. The van der Waals surface area contributed by atoms with Crippen molar-refractivity contribution in [3.63, 3.8) is 0 Å². The average Bonchev–Trinajstić information content (AvgIpc) is 3.44. The molecular weight excluding hydrogens is 396 g/mol. The van der Waals surface area contributed by atoms with Crippen molar-refractivity contribution < 1.29 is 9.53 Å². The molecule has 1 amide bonds. The number of benzene rings is 2. The molecule has 0 radical (unpaired) electrons. The van der Waals surface area contributed by atoms with Crippen LogP contribution < -0.4 is 4.74 Å². The van der Waals surface area contributed by atoms with Gasteiger partial charge in [0.25, 0.3) is 5.91 Å². The number of carbonyl (C=O) groups is 1. The molecule has 0 bridgehead atoms. The fraction of sp³-hybridized carbons (Fsp3) is 0.480. The predicted octanol–water partition coefficient (Wildman–Crippen LogP) is 4.82. The molecule has 2 aromatic rings. The zero-order valence-corrected chi connectivity index (χ0v) is 18.5. The number of hydrogen-bond donors (Lipinski definition) is 0. The van der Waals surface area contributed by atoms with Gasteiger partial charge in [0, 0.05) is 24.7 Å². The summed E-state index contributed by atoms with van der Waals surface area (Å²) < 4.78 is 5.87. The van der Waals surface area contributed by atoms with Gasteiger partial charge in [-0.3, -0.25) is 4.79 Å². The average molecular weight is 429 g/mol. The van der Waals surface area contributed by atoms with Gasteiger partial charge in [-0.1, -0.05) is 30.3 Å². The molecule has 0 saturated carbocycles. The molecular formula is C25H33ClN2O2. The maximum atomic E-state index is 13.0. The number of rotatable bonds is 8. The molecule has 4 rings (SSSR count). The highest BCUT2D eigenvalue weighted by Gasteiger charge is 2.31. The van der Waals surface area contributed by atoms with Crippen LogP contribution in [-0.2, 0) is 6.42 Å². The normalized spacial score (nSPS) is 18.9. The molecule has 4 nitrogen and oxygen atoms in total. The van der Waals surface area contributed by atoms with E-state index in [2.05, 4.69) is 34.1 Å². The predicted molar refractivity (Wildman–Crippen MR) is 124 cm³/mol. The third-order valence-electron chi connectivity index (χ3n) is 6.13. The molecule has 2 aromatic carbocycles. The second kappa shape index (κ2) is 11.4. The van der Waals surface area contributed by atoms with Gasteiger partial charge in [0.05, 0.1) is 6.61 Å². The standard InChI is InChI=1S/C25H32N2O2.ClH/c28-25(27-18-6-11-23(27)20-26-16-4-5-17-26)22-12-14-24(15-13-22)29-19-7-10-21-8-2-1-3-9-21;/h1-3,8-9,12-15,23H,4-7,10-11,16-20H2;1H/t23-;/m0./s1. The largest absolute Gasteiger partial charge is 0.494 e. The third kappa shape index (κ3) is 5.99. The van der Waals surface area contributed by atoms with Crippen molar-refractivity contribution in [1.82, 2.24) is 9.80 Å². The zero-order valence-electron chi connectivity index (χ0n) is 17.7. The minimum atomic E-state index is 0. The maximum absolute atomic E-state index is 13.0. The van der Waals surface area contributed by atoms with Gasteiger partial charge in [-0.25, -0.2) is 0 Å². The molecule has 0 N–H and O–H groups in total. The van der Waals surface area contributed by atoms with Gasteiger partial charge in [0.1, 0.15) is 5.75 Å². The lowest BCUT2D eigenvalue weighted by Gasteiger charge is -2.28. The van der Waals surface area contributed by atoms with Crippen LogP contribution in [0.15, 0.2) is 54.6 Å². The van der Waals surface area contributed by atoms with Crippen LogP contribution in [0.5, 0.6) is 5.75 Å². The Balaban J connectivity index is 0.00000256. The molecule has 5 heteroatoms. The first-order chi connectivity index (χ1) is 14.3. The third-order valence-corrected chi connectivity index (χ3v) is 6.13. The second-order valence-electron chi connectivity index (χ2n) is 8.26. The summed E-state index contributed by atoms with van der Waals surface area (Å²) in [5.74, 6) is 1.01. The van der Waals surface area contributed by atoms with Crippen molar-refractivity contribution in [3.8, 4) is 5.75 Å². The van der Waals surface area contributed by atoms with Crippen LogP contribution in [0.4, 0.5) is 0 Å². The number of nitrogens with zero attached hydrogens (tertiary/aromatic N) is 2. The van der Waals surface area contributed by atoms with Crippen molar-refractivity contribution in [3.05, 3.63) is 65.7 Å². The van der Waals surface area contributed by atoms with Gasteiger partial charge in [-0.05, 0) is 81.4 Å². The topological polar surface area (TPSA) is 32.8 Å². The Morgan fingerprint density at radius 3 is 2.40 bits per heavy atom. The van der Waals surface area contributed by atoms with E-state index in [0.717, 1.165) is 50.1 Å². The molecule has 162 valence electrons. The van der Waals surface area contributed by atoms with Gasteiger partial charge < -0.3 is 14.5 Å². The number of aryl methyl sites for hydroxylation is 1. The highest BCUT2D eigenvalue weighted by atomic mass is 35.5. The fourth-order valence-corrected chi connectivity index (χ4v) is 4.53. The molecule has 0 spiro atoms. The molecule has 2 aliphatic rings. The molecule has 0 aliphatic carbocycles. The lowest BCUT2D eigenvalue weighted by atomic mass is 10.1. The minimum Gasteiger partial charge on any atom is -0.494 e. The van der Waals surface area contributed by atoms with Crippen LogP contribution in [0.3, 0.4) is 0 Å². The van der Waals surface area contributed by atoms with Crippen LogP contribution >= 0.6 is 12.4 Å². The minimum absolute atomic E-state index is 0. The van der Waals surface area contributed by atoms with E-state index >= 15 is 0 Å². The Morgan fingerprint density at radius 2 is 1.67 bits per heavy atom. The molecule has 30 heavy (non-hydrogen) atoms. The van der Waals surface area contributed by atoms with Crippen LogP contribution in [-0.4, -0.2) is 54.5 Å². The highest BCUT2D eigenvalue weighted by Crippen LogP contribution is 2.23. The van der Waals surface area contributed by atoms with E-state index in [4.69, 9.17) is 4.74 Å². The molecule has 1 atom stereocenters. The SMILES string of the molecule is Cl.O=C(c1ccc(OCCCc2ccccc2)cc1)N1CCC[C@H]1CN1CCCC1. The van der Waals surface area contributed by atoms with Crippen molar-refractivity contribution in [1.29, 1.82) is 0 Å². The Hall–Kier alpha value is -2.04. The number of amides is 1. The number of likely N-dealkylation sites (tertiary alicyclic amines) is 2. The monoisotopic (exact) mass is 428 g/mol. The fourth-order valence-electron chi connectivity index (χ4n) is 4.53. The van der Waals surface area contributed by atoms with Crippen LogP contribution in [0.25, 0.3) is 0 Å². The first kappa shape index (κ1) is 22.6. The molecule has 0 aromatic heterocycles. The second-order valence-corrected chi connectivity index (χ2v) is 8.26. The Kier molecular flexibility index (Phi) is 8.59. The van der Waals surface area contributed by atoms with E-state index in [0.29, 0.717) is 12.6 Å². The van der Waals surface area contributed by atoms with E-state index < -0.39 is 0 Å². The molecule has 0 unspecified atom stereocenters. The summed E-state index contributed by atoms with van der Waals surface area (Å²) in [7, 11) is 0. The first-order valence-corrected chi connectivity index (χ1v) is 11.1. The summed E-state index contributed by atoms with van der Waals surface area (Å²) >= 11 is 0. The Bertz CT molecular complexity index is 775. The van der Waals surface area contributed by atoms with Gasteiger partial charge >= 0.3 is 0 Å². The molecule has 2 fully saturated rings. The summed E-state index contributed by atoms with van der Waals surface area (Å²) in [6.45, 7) is 4.99. The van der Waals surface area contributed by atoms with E-state index in [-0.39, 0.29) is 18.3 Å². The smallest absolute Gasteiger partial charge is 0.254 e. The van der Waals surface area contributed by atoms with Crippen molar-refractivity contribution in [2.45, 2.75) is 44.6 Å². The van der Waals surface area contributed by atoms with Crippen LogP contribution in [0.1, 0.15) is 48.0 Å².